The number of hydrogen-bond donors (Lipinski definition) is 5. The van der Waals surface area contributed by atoms with Crippen LogP contribution in [-0.2, 0) is 0 Å². The Balaban J connectivity index is 2.01. The summed E-state index contributed by atoms with van der Waals surface area (Å²) >= 11 is 0. The molecular weight excluding hydrogens is 356 g/mol. The Labute approximate surface area is 162 Å². The third-order valence-electron chi connectivity index (χ3n) is 4.17. The number of aromatic amines is 1. The number of hydrogen-bond acceptors (Lipinski definition) is 8. The maximum Gasteiger partial charge on any atom is 0.231 e. The lowest BCUT2D eigenvalue weighted by Crippen LogP contribution is -2.06. The Hall–Kier alpha value is -4.06. The highest BCUT2D eigenvalue weighted by atomic mass is 16.5. The van der Waals surface area contributed by atoms with Crippen LogP contribution in [0.4, 0.5) is 17.5 Å². The smallest absolute Gasteiger partial charge is 0.231 e. The summed E-state index contributed by atoms with van der Waals surface area (Å²) in [5, 5.41) is 26.4. The summed E-state index contributed by atoms with van der Waals surface area (Å²) in [6.45, 7) is 0. The van der Waals surface area contributed by atoms with E-state index in [-0.39, 0.29) is 0 Å². The molecule has 5 N–H and O–H groups in total. The van der Waals surface area contributed by atoms with E-state index in [1.807, 2.05) is 18.2 Å². The summed E-state index contributed by atoms with van der Waals surface area (Å²) in [4.78, 5) is 11.9. The fourth-order valence-corrected chi connectivity index (χ4v) is 2.85. The molecule has 3 rings (SSSR count). The van der Waals surface area contributed by atoms with E-state index in [0.717, 1.165) is 11.3 Å². The van der Waals surface area contributed by atoms with E-state index in [1.165, 1.54) is 6.21 Å². The minimum absolute atomic E-state index is 0.359. The second-order valence-corrected chi connectivity index (χ2v) is 5.72. The van der Waals surface area contributed by atoms with Gasteiger partial charge in [0.25, 0.3) is 0 Å². The number of benzene rings is 1. The molecule has 0 aliphatic rings. The molecule has 9 nitrogen and oxygen atoms in total. The highest BCUT2D eigenvalue weighted by Crippen LogP contribution is 2.31. The van der Waals surface area contributed by atoms with Crippen molar-refractivity contribution in [2.24, 2.45) is 0 Å². The van der Waals surface area contributed by atoms with Gasteiger partial charge in [-0.2, -0.15) is 15.2 Å². The Kier molecular flexibility index (Phi) is 5.41. The van der Waals surface area contributed by atoms with E-state index < -0.39 is 0 Å². The third-order valence-corrected chi connectivity index (χ3v) is 4.17. The van der Waals surface area contributed by atoms with E-state index in [1.54, 1.807) is 33.5 Å². The molecule has 0 aliphatic heterocycles. The van der Waals surface area contributed by atoms with Crippen molar-refractivity contribution in [3.63, 3.8) is 0 Å². The number of methoxy groups -OCH3 is 1. The predicted molar refractivity (Wildman–Crippen MR) is 110 cm³/mol. The molecule has 0 radical (unpaired) electrons. The number of aromatic nitrogens is 3. The van der Waals surface area contributed by atoms with Crippen molar-refractivity contribution in [3.05, 3.63) is 41.6 Å². The number of nitrogens with zero attached hydrogens (tertiary/aromatic N) is 3. The van der Waals surface area contributed by atoms with Gasteiger partial charge in [0.1, 0.15) is 23.3 Å². The molecule has 0 saturated carbocycles. The van der Waals surface area contributed by atoms with Crippen LogP contribution in [0.25, 0.3) is 16.7 Å². The van der Waals surface area contributed by atoms with Crippen molar-refractivity contribution in [1.29, 1.82) is 10.7 Å². The van der Waals surface area contributed by atoms with Crippen molar-refractivity contribution < 1.29 is 4.74 Å². The van der Waals surface area contributed by atoms with Crippen LogP contribution in [0.5, 0.6) is 5.75 Å². The topological polar surface area (TPSA) is 135 Å². The molecule has 0 unspecified atom stereocenters. The van der Waals surface area contributed by atoms with Crippen LogP contribution >= 0.6 is 0 Å². The minimum atomic E-state index is 0.359. The molecule has 9 heteroatoms. The Morgan fingerprint density at radius 1 is 1.32 bits per heavy atom. The number of ether oxygens (including phenoxy) is 1. The summed E-state index contributed by atoms with van der Waals surface area (Å²) in [7, 11) is 5.11. The lowest BCUT2D eigenvalue weighted by atomic mass is 10.1. The molecule has 28 heavy (non-hydrogen) atoms. The maximum atomic E-state index is 9.24. The number of nitriles is 1. The van der Waals surface area contributed by atoms with Gasteiger partial charge in [0.15, 0.2) is 0 Å². The molecule has 1 aromatic carbocycles. The van der Waals surface area contributed by atoms with Crippen LogP contribution in [0.1, 0.15) is 11.1 Å². The highest BCUT2D eigenvalue weighted by molar-refractivity contribution is 5.93. The number of rotatable bonds is 7. The van der Waals surface area contributed by atoms with Gasteiger partial charge in [-0.15, -0.1) is 0 Å². The molecule has 142 valence electrons. The van der Waals surface area contributed by atoms with Crippen molar-refractivity contribution in [2.45, 2.75) is 0 Å². The molecular formula is C19H20N8O. The van der Waals surface area contributed by atoms with Crippen molar-refractivity contribution in [1.82, 2.24) is 20.3 Å². The molecule has 0 amide bonds. The van der Waals surface area contributed by atoms with Gasteiger partial charge in [-0.1, -0.05) is 6.07 Å². The number of fused-ring (bicyclic) bond motifs is 1. The summed E-state index contributed by atoms with van der Waals surface area (Å²) < 4.78 is 5.50. The lowest BCUT2D eigenvalue weighted by Gasteiger charge is -2.14. The molecule has 2 aromatic heterocycles. The Morgan fingerprint density at radius 3 is 2.79 bits per heavy atom. The normalized spacial score (nSPS) is 11.0. The highest BCUT2D eigenvalue weighted by Gasteiger charge is 2.14. The summed E-state index contributed by atoms with van der Waals surface area (Å²) in [6, 6.07) is 7.73. The van der Waals surface area contributed by atoms with Crippen LogP contribution in [-0.4, -0.2) is 42.4 Å². The average molecular weight is 376 g/mol. The predicted octanol–water partition coefficient (Wildman–Crippen LogP) is 2.83. The summed E-state index contributed by atoms with van der Waals surface area (Å²) in [6.07, 6.45) is 4.49. The summed E-state index contributed by atoms with van der Waals surface area (Å²) in [5.74, 6) is 1.51. The molecule has 3 aromatic rings. The number of H-pyrrole nitrogens is 1. The van der Waals surface area contributed by atoms with Gasteiger partial charge >= 0.3 is 0 Å². The summed E-state index contributed by atoms with van der Waals surface area (Å²) in [5.41, 5.74) is 3.39. The monoisotopic (exact) mass is 376 g/mol. The number of nitrogens with one attached hydrogen (secondary N) is 5. The maximum absolute atomic E-state index is 9.24. The van der Waals surface area contributed by atoms with Crippen LogP contribution in [0, 0.1) is 16.7 Å². The van der Waals surface area contributed by atoms with Crippen molar-refractivity contribution in [2.75, 3.05) is 31.8 Å². The van der Waals surface area contributed by atoms with Crippen LogP contribution in [0.2, 0.25) is 0 Å². The van der Waals surface area contributed by atoms with E-state index in [2.05, 4.69) is 37.0 Å². The van der Waals surface area contributed by atoms with Gasteiger partial charge in [-0.3, -0.25) is 0 Å². The molecule has 0 aliphatic carbocycles. The quantitative estimate of drug-likeness (QED) is 0.400. The number of allylic oxidation sites excluding steroid dienone is 1. The fraction of sp³-hybridized carbons (Fsp3) is 0.158. The fourth-order valence-electron chi connectivity index (χ4n) is 2.85. The van der Waals surface area contributed by atoms with Gasteiger partial charge < -0.3 is 31.1 Å². The molecule has 0 fully saturated rings. The standard InChI is InChI=1S/C19H20N8O/c1-22-13(6-7-20)11-4-5-14(15(8-11)28-3)25-19-26-17(23-2)16-12(9-21)10-24-18(16)27-19/h4-8,10,20,22H,1-3H3,(H3,23,24,25,26,27)/b13-6-,20-7?. The van der Waals surface area contributed by atoms with E-state index in [4.69, 9.17) is 10.1 Å². The zero-order valence-electron chi connectivity index (χ0n) is 15.7. The van der Waals surface area contributed by atoms with E-state index in [9.17, 15) is 5.26 Å². The molecule has 0 bridgehead atoms. The van der Waals surface area contributed by atoms with Gasteiger partial charge in [0.05, 0.1) is 23.7 Å². The van der Waals surface area contributed by atoms with Crippen LogP contribution in [0.15, 0.2) is 30.5 Å². The average Bonchev–Trinajstić information content (AvgIpc) is 3.15. The zero-order chi connectivity index (χ0) is 20.1. The lowest BCUT2D eigenvalue weighted by molar-refractivity contribution is 0.416. The van der Waals surface area contributed by atoms with Gasteiger partial charge in [-0.25, -0.2) is 0 Å². The van der Waals surface area contributed by atoms with Crippen LogP contribution in [0.3, 0.4) is 0 Å². The van der Waals surface area contributed by atoms with E-state index >= 15 is 0 Å². The molecule has 0 atom stereocenters. The van der Waals surface area contributed by atoms with Gasteiger partial charge in [0, 0.05) is 37.8 Å². The molecule has 0 spiro atoms. The first-order valence-electron chi connectivity index (χ1n) is 8.46. The number of anilines is 3. The first-order valence-corrected chi connectivity index (χ1v) is 8.46. The Bertz CT molecular complexity index is 1090. The van der Waals surface area contributed by atoms with Crippen LogP contribution < -0.4 is 20.7 Å². The van der Waals surface area contributed by atoms with Crippen molar-refractivity contribution >= 4 is 40.4 Å². The Morgan fingerprint density at radius 2 is 2.14 bits per heavy atom. The second-order valence-electron chi connectivity index (χ2n) is 5.72. The van der Waals surface area contributed by atoms with Gasteiger partial charge in [0.2, 0.25) is 5.95 Å². The minimum Gasteiger partial charge on any atom is -0.495 e. The zero-order valence-corrected chi connectivity index (χ0v) is 15.7. The first kappa shape index (κ1) is 18.7. The SMILES string of the molecule is CN/C(=C\C=N)c1ccc(Nc2nc(NC)c3c(C#N)c[nH]c3n2)c(OC)c1. The largest absolute Gasteiger partial charge is 0.495 e. The van der Waals surface area contributed by atoms with Gasteiger partial charge in [-0.05, 0) is 18.2 Å². The molecule has 2 heterocycles. The first-order chi connectivity index (χ1) is 13.6. The second kappa shape index (κ2) is 8.09. The third kappa shape index (κ3) is 3.43. The molecule has 0 saturated heterocycles. The van der Waals surface area contributed by atoms with Crippen molar-refractivity contribution in [3.8, 4) is 11.8 Å². The van der Waals surface area contributed by atoms with E-state index in [0.29, 0.717) is 39.8 Å².